The van der Waals surface area contributed by atoms with Gasteiger partial charge in [-0.3, -0.25) is 4.40 Å². The second-order valence-corrected chi connectivity index (χ2v) is 9.82. The van der Waals surface area contributed by atoms with E-state index in [1.54, 1.807) is 4.88 Å². The van der Waals surface area contributed by atoms with Crippen molar-refractivity contribution >= 4 is 16.3 Å². The molecule has 2 aromatic heterocycles. The maximum atomic E-state index is 5.10. The molecule has 4 rings (SSSR count). The Labute approximate surface area is 163 Å². The van der Waals surface area contributed by atoms with E-state index in [1.807, 2.05) is 11.3 Å². The maximum Gasteiger partial charge on any atom is 0.194 e. The van der Waals surface area contributed by atoms with Gasteiger partial charge in [0.15, 0.2) is 4.96 Å². The lowest BCUT2D eigenvalue weighted by atomic mass is 9.94. The molecule has 0 spiro atoms. The first-order valence-corrected chi connectivity index (χ1v) is 12.2. The average molecular weight is 373 g/mol. The van der Waals surface area contributed by atoms with Gasteiger partial charge in [-0.1, -0.05) is 77.0 Å². The summed E-state index contributed by atoms with van der Waals surface area (Å²) in [7, 11) is 0. The van der Waals surface area contributed by atoms with E-state index in [1.165, 1.54) is 113 Å². The van der Waals surface area contributed by atoms with Gasteiger partial charge in [0.2, 0.25) is 0 Å². The van der Waals surface area contributed by atoms with Crippen LogP contribution in [0.25, 0.3) is 4.96 Å². The SMILES string of the molecule is c1c(C2CCCCCCCC2)nc2sc(C3CCCCCCCC3)cn12. The van der Waals surface area contributed by atoms with Gasteiger partial charge in [-0.05, 0) is 31.6 Å². The topological polar surface area (TPSA) is 17.3 Å². The predicted molar refractivity (Wildman–Crippen MR) is 112 cm³/mol. The maximum absolute atomic E-state index is 5.10. The fourth-order valence-electron chi connectivity index (χ4n) is 5.06. The Morgan fingerprint density at radius 2 is 1.15 bits per heavy atom. The van der Waals surface area contributed by atoms with Crippen molar-refractivity contribution in [1.82, 2.24) is 9.38 Å². The van der Waals surface area contributed by atoms with Crippen molar-refractivity contribution in [2.75, 3.05) is 0 Å². The molecule has 26 heavy (non-hydrogen) atoms. The molecular weight excluding hydrogens is 336 g/mol. The van der Waals surface area contributed by atoms with Crippen molar-refractivity contribution < 1.29 is 0 Å². The third-order valence-electron chi connectivity index (χ3n) is 6.72. The minimum atomic E-state index is 0.702. The zero-order chi connectivity index (χ0) is 17.6. The summed E-state index contributed by atoms with van der Waals surface area (Å²) >= 11 is 1.98. The van der Waals surface area contributed by atoms with Crippen LogP contribution in [0, 0.1) is 0 Å². The Kier molecular flexibility index (Phi) is 6.69. The van der Waals surface area contributed by atoms with E-state index in [-0.39, 0.29) is 0 Å². The van der Waals surface area contributed by atoms with Gasteiger partial charge in [-0.2, -0.15) is 0 Å². The summed E-state index contributed by atoms with van der Waals surface area (Å²) in [6.07, 6.45) is 27.4. The van der Waals surface area contributed by atoms with Crippen LogP contribution in [-0.4, -0.2) is 9.38 Å². The summed E-state index contributed by atoms with van der Waals surface area (Å²) in [5.41, 5.74) is 1.37. The van der Waals surface area contributed by atoms with Crippen molar-refractivity contribution in [2.45, 2.75) is 115 Å². The van der Waals surface area contributed by atoms with Gasteiger partial charge >= 0.3 is 0 Å². The first-order valence-electron chi connectivity index (χ1n) is 11.4. The van der Waals surface area contributed by atoms with E-state index >= 15 is 0 Å². The second kappa shape index (κ2) is 9.39. The fraction of sp³-hybridized carbons (Fsp3) is 0.783. The molecule has 2 heterocycles. The molecular formula is C23H36N2S. The summed E-state index contributed by atoms with van der Waals surface area (Å²) in [6.45, 7) is 0. The Morgan fingerprint density at radius 1 is 0.654 bits per heavy atom. The van der Waals surface area contributed by atoms with Crippen LogP contribution in [0.5, 0.6) is 0 Å². The number of aromatic nitrogens is 2. The molecule has 2 fully saturated rings. The first-order chi connectivity index (χ1) is 12.9. The van der Waals surface area contributed by atoms with Crippen LogP contribution in [-0.2, 0) is 0 Å². The van der Waals surface area contributed by atoms with Gasteiger partial charge in [-0.15, -0.1) is 11.3 Å². The molecule has 2 nitrogen and oxygen atoms in total. The minimum Gasteiger partial charge on any atom is -0.297 e. The number of hydrogen-bond acceptors (Lipinski definition) is 2. The number of nitrogens with zero attached hydrogens (tertiary/aromatic N) is 2. The first kappa shape index (κ1) is 18.5. The average Bonchev–Trinajstić information content (AvgIpc) is 3.26. The Hall–Kier alpha value is -0.830. The molecule has 3 heteroatoms. The largest absolute Gasteiger partial charge is 0.297 e. The van der Waals surface area contributed by atoms with Gasteiger partial charge in [0.25, 0.3) is 0 Å². The molecule has 0 unspecified atom stereocenters. The Balaban J connectivity index is 1.47. The lowest BCUT2D eigenvalue weighted by molar-refractivity contribution is 0.530. The highest BCUT2D eigenvalue weighted by Gasteiger charge is 2.20. The van der Waals surface area contributed by atoms with E-state index in [9.17, 15) is 0 Å². The molecule has 2 aliphatic carbocycles. The van der Waals surface area contributed by atoms with Crippen LogP contribution in [0.3, 0.4) is 0 Å². The van der Waals surface area contributed by atoms with Crippen LogP contribution in [0.2, 0.25) is 0 Å². The highest BCUT2D eigenvalue weighted by atomic mass is 32.1. The van der Waals surface area contributed by atoms with Crippen molar-refractivity contribution in [1.29, 1.82) is 0 Å². The van der Waals surface area contributed by atoms with E-state index in [2.05, 4.69) is 16.8 Å². The highest BCUT2D eigenvalue weighted by molar-refractivity contribution is 7.17. The lowest BCUT2D eigenvalue weighted by Gasteiger charge is -2.14. The third-order valence-corrected chi connectivity index (χ3v) is 7.88. The molecule has 0 saturated heterocycles. The number of thiazole rings is 1. The van der Waals surface area contributed by atoms with E-state index in [0.29, 0.717) is 5.92 Å². The summed E-state index contributed by atoms with van der Waals surface area (Å²) in [4.78, 5) is 7.93. The normalized spacial score (nSPS) is 22.9. The van der Waals surface area contributed by atoms with Crippen LogP contribution in [0.1, 0.15) is 125 Å². The smallest absolute Gasteiger partial charge is 0.194 e. The van der Waals surface area contributed by atoms with E-state index in [4.69, 9.17) is 4.98 Å². The van der Waals surface area contributed by atoms with Crippen molar-refractivity contribution in [3.63, 3.8) is 0 Å². The van der Waals surface area contributed by atoms with Gasteiger partial charge in [0, 0.05) is 23.2 Å². The van der Waals surface area contributed by atoms with Gasteiger partial charge in [0.05, 0.1) is 5.69 Å². The molecule has 0 radical (unpaired) electrons. The summed E-state index contributed by atoms with van der Waals surface area (Å²) in [5.74, 6) is 1.49. The standard InChI is InChI=1S/C23H36N2S/c1-2-6-10-14-19(13-9-5-1)21-17-25-18-22(26-23(25)24-21)20-15-11-7-3-4-8-12-16-20/h17-20H,1-16H2. The summed E-state index contributed by atoms with van der Waals surface area (Å²) in [6, 6.07) is 0. The Bertz CT molecular complexity index is 566. The van der Waals surface area contributed by atoms with Crippen LogP contribution in [0.4, 0.5) is 0 Å². The monoisotopic (exact) mass is 372 g/mol. The molecule has 0 amide bonds. The van der Waals surface area contributed by atoms with Gasteiger partial charge < -0.3 is 0 Å². The molecule has 2 aromatic rings. The number of rotatable bonds is 2. The van der Waals surface area contributed by atoms with Crippen molar-refractivity contribution in [2.24, 2.45) is 0 Å². The fourth-order valence-corrected chi connectivity index (χ4v) is 6.20. The second-order valence-electron chi connectivity index (χ2n) is 8.78. The summed E-state index contributed by atoms with van der Waals surface area (Å²) < 4.78 is 2.36. The molecule has 144 valence electrons. The van der Waals surface area contributed by atoms with Gasteiger partial charge in [-0.25, -0.2) is 4.98 Å². The van der Waals surface area contributed by atoms with Crippen LogP contribution in [0.15, 0.2) is 12.4 Å². The molecule has 0 N–H and O–H groups in total. The minimum absolute atomic E-state index is 0.702. The summed E-state index contributed by atoms with van der Waals surface area (Å²) in [5, 5.41) is 0. The molecule has 2 aliphatic rings. The van der Waals surface area contributed by atoms with Gasteiger partial charge in [0.1, 0.15) is 0 Å². The predicted octanol–water partition coefficient (Wildman–Crippen LogP) is 7.83. The van der Waals surface area contributed by atoms with Crippen molar-refractivity contribution in [3.05, 3.63) is 23.0 Å². The zero-order valence-electron chi connectivity index (χ0n) is 16.4. The van der Waals surface area contributed by atoms with Crippen molar-refractivity contribution in [3.8, 4) is 0 Å². The molecule has 0 aromatic carbocycles. The molecule has 2 saturated carbocycles. The van der Waals surface area contributed by atoms with E-state index < -0.39 is 0 Å². The highest BCUT2D eigenvalue weighted by Crippen LogP contribution is 2.36. The number of hydrogen-bond donors (Lipinski definition) is 0. The lowest BCUT2D eigenvalue weighted by Crippen LogP contribution is -1.99. The zero-order valence-corrected chi connectivity index (χ0v) is 17.2. The number of imidazole rings is 1. The molecule has 0 aliphatic heterocycles. The number of fused-ring (bicyclic) bond motifs is 1. The van der Waals surface area contributed by atoms with Crippen LogP contribution < -0.4 is 0 Å². The molecule has 0 bridgehead atoms. The molecule has 0 atom stereocenters. The Morgan fingerprint density at radius 3 is 1.69 bits per heavy atom. The quantitative estimate of drug-likeness (QED) is 0.525. The van der Waals surface area contributed by atoms with Crippen LogP contribution >= 0.6 is 11.3 Å². The third kappa shape index (κ3) is 4.71. The van der Waals surface area contributed by atoms with E-state index in [0.717, 1.165) is 5.92 Å².